The molecule has 2 atom stereocenters. The van der Waals surface area contributed by atoms with Gasteiger partial charge in [0.05, 0.1) is 0 Å². The number of piperazine rings is 1. The first kappa shape index (κ1) is 26.9. The highest BCUT2D eigenvalue weighted by atomic mass is 16.5. The van der Waals surface area contributed by atoms with Crippen molar-refractivity contribution >= 4 is 36.7 Å². The maximum absolute atomic E-state index is 13.6. The number of Topliss-reactive ketones (excluding diaryl/α,β-unsaturated/α-hetero) is 1. The molecule has 4 N–H and O–H groups in total. The van der Waals surface area contributed by atoms with E-state index < -0.39 is 48.5 Å². The number of imide groups is 1. The molecule has 38 heavy (non-hydrogen) atoms. The Balaban J connectivity index is 1.56. The van der Waals surface area contributed by atoms with Gasteiger partial charge in [-0.3, -0.25) is 24.1 Å². The van der Waals surface area contributed by atoms with Crippen LogP contribution in [0.3, 0.4) is 0 Å². The number of aryl methyl sites for hydroxylation is 1. The number of para-hydroxylation sites is 1. The summed E-state index contributed by atoms with van der Waals surface area (Å²) in [6.07, 6.45) is 0.241. The molecule has 0 saturated carbocycles. The second kappa shape index (κ2) is 11.1. The fourth-order valence-electron chi connectivity index (χ4n) is 4.75. The third kappa shape index (κ3) is 5.40. The number of rotatable bonds is 7. The maximum Gasteiger partial charge on any atom is 0.526 e. The molecule has 5 amide bonds. The Kier molecular flexibility index (Phi) is 7.82. The molecule has 2 aliphatic heterocycles. The summed E-state index contributed by atoms with van der Waals surface area (Å²) in [5.74, 6) is -2.87. The lowest BCUT2D eigenvalue weighted by molar-refractivity contribution is -0.153. The summed E-state index contributed by atoms with van der Waals surface area (Å²) in [6.45, 7) is 4.10. The third-order valence-corrected chi connectivity index (χ3v) is 6.93. The van der Waals surface area contributed by atoms with Crippen LogP contribution in [0.15, 0.2) is 42.5 Å². The molecule has 198 valence electrons. The fourth-order valence-corrected chi connectivity index (χ4v) is 4.75. The summed E-state index contributed by atoms with van der Waals surface area (Å²) >= 11 is 0. The van der Waals surface area contributed by atoms with Crippen molar-refractivity contribution in [2.75, 3.05) is 19.6 Å². The van der Waals surface area contributed by atoms with Crippen molar-refractivity contribution < 1.29 is 33.7 Å². The van der Waals surface area contributed by atoms with Gasteiger partial charge in [-0.25, -0.2) is 4.79 Å². The van der Waals surface area contributed by atoms with E-state index in [4.69, 9.17) is 10.4 Å². The van der Waals surface area contributed by atoms with Crippen LogP contribution < -0.4 is 15.7 Å². The quantitative estimate of drug-likeness (QED) is 0.363. The molecule has 2 aliphatic rings. The number of benzene rings is 2. The third-order valence-electron chi connectivity index (χ3n) is 6.93. The average molecular weight is 520 g/mol. The molecule has 2 aromatic carbocycles. The number of nitrogens with one attached hydrogen (secondary N) is 1. The maximum atomic E-state index is 13.6. The zero-order chi connectivity index (χ0) is 27.6. The molecule has 2 heterocycles. The number of urea groups is 1. The molecular formula is C26H29BN4O7. The fraction of sp³-hybridized carbons (Fsp3) is 0.346. The van der Waals surface area contributed by atoms with E-state index in [1.165, 1.54) is 29.2 Å². The Bertz CT molecular complexity index is 1280. The molecule has 0 spiro atoms. The van der Waals surface area contributed by atoms with Gasteiger partial charge in [-0.05, 0) is 49.1 Å². The Hall–Kier alpha value is -4.19. The monoisotopic (exact) mass is 520 g/mol. The van der Waals surface area contributed by atoms with Crippen LogP contribution in [0.25, 0.3) is 0 Å². The summed E-state index contributed by atoms with van der Waals surface area (Å²) in [6, 6.07) is 9.31. The van der Waals surface area contributed by atoms with E-state index in [0.29, 0.717) is 24.3 Å². The van der Waals surface area contributed by atoms with Crippen molar-refractivity contribution in [2.45, 2.75) is 38.5 Å². The number of fused-ring (bicyclic) bond motifs is 1. The lowest BCUT2D eigenvalue weighted by Crippen LogP contribution is -2.58. The van der Waals surface area contributed by atoms with E-state index in [-0.39, 0.29) is 25.1 Å². The van der Waals surface area contributed by atoms with Crippen LogP contribution in [0, 0.1) is 6.92 Å². The van der Waals surface area contributed by atoms with Crippen LogP contribution in [-0.4, -0.2) is 71.1 Å². The van der Waals surface area contributed by atoms with E-state index in [1.54, 1.807) is 6.92 Å². The first-order chi connectivity index (χ1) is 18.1. The van der Waals surface area contributed by atoms with Crippen LogP contribution in [0.5, 0.6) is 5.75 Å². The minimum Gasteiger partial charge on any atom is -0.536 e. The number of amides is 5. The molecule has 1 unspecified atom stereocenters. The van der Waals surface area contributed by atoms with Crippen LogP contribution in [0.2, 0.25) is 5.82 Å². The Morgan fingerprint density at radius 3 is 2.50 bits per heavy atom. The number of hydrogen-bond acceptors (Lipinski definition) is 7. The summed E-state index contributed by atoms with van der Waals surface area (Å²) in [7, 11) is -1.23. The SMILES string of the molecule is CCN1CCN(C(=O)NC(C(=O)C[C@H]2Cc3cccc(C)c3OB2O)c2ccc(C(N)=O)cc2)C(=O)C1=O. The zero-order valence-electron chi connectivity index (χ0n) is 21.2. The standard InChI is InChI=1S/C26H29BN4O7/c1-3-30-11-12-31(25(35)24(30)34)26(36)29-21(16-7-9-17(10-8-16)23(28)33)20(32)14-19-13-18-6-4-5-15(2)22(18)38-27(19)37/h4-10,19,21,37H,3,11-14H2,1-2H3,(H2,28,33)(H,29,36)/t19-,21?/m1/s1. The van der Waals surface area contributed by atoms with Gasteiger partial charge in [-0.2, -0.15) is 0 Å². The number of carbonyl (C=O) groups is 5. The number of ketones is 1. The predicted octanol–water partition coefficient (Wildman–Crippen LogP) is 0.980. The van der Waals surface area contributed by atoms with Crippen molar-refractivity contribution in [3.05, 3.63) is 64.7 Å². The van der Waals surface area contributed by atoms with Crippen LogP contribution in [0.1, 0.15) is 46.4 Å². The van der Waals surface area contributed by atoms with E-state index in [2.05, 4.69) is 5.32 Å². The molecule has 0 radical (unpaired) electrons. The molecular weight excluding hydrogens is 491 g/mol. The number of nitrogens with two attached hydrogens (primary N) is 1. The van der Waals surface area contributed by atoms with Crippen molar-refractivity contribution in [3.63, 3.8) is 0 Å². The van der Waals surface area contributed by atoms with Gasteiger partial charge in [0.2, 0.25) is 5.91 Å². The van der Waals surface area contributed by atoms with Gasteiger partial charge in [-0.15, -0.1) is 0 Å². The smallest absolute Gasteiger partial charge is 0.526 e. The van der Waals surface area contributed by atoms with Crippen LogP contribution in [0.4, 0.5) is 4.79 Å². The van der Waals surface area contributed by atoms with Crippen molar-refractivity contribution in [1.29, 1.82) is 0 Å². The highest BCUT2D eigenvalue weighted by Crippen LogP contribution is 2.36. The molecule has 0 bridgehead atoms. The second-order valence-electron chi connectivity index (χ2n) is 9.42. The minimum atomic E-state index is -1.23. The molecule has 1 fully saturated rings. The van der Waals surface area contributed by atoms with Crippen molar-refractivity contribution in [2.24, 2.45) is 5.73 Å². The second-order valence-corrected chi connectivity index (χ2v) is 9.42. The molecule has 11 nitrogen and oxygen atoms in total. The molecule has 0 aromatic heterocycles. The molecule has 4 rings (SSSR count). The normalized spacial score (nSPS) is 18.0. The van der Waals surface area contributed by atoms with E-state index in [0.717, 1.165) is 16.0 Å². The van der Waals surface area contributed by atoms with Crippen molar-refractivity contribution in [3.8, 4) is 5.75 Å². The molecule has 12 heteroatoms. The lowest BCUT2D eigenvalue weighted by atomic mass is 9.64. The highest BCUT2D eigenvalue weighted by Gasteiger charge is 2.40. The van der Waals surface area contributed by atoms with Gasteiger partial charge in [0.25, 0.3) is 0 Å². The number of nitrogens with zero attached hydrogens (tertiary/aromatic N) is 2. The van der Waals surface area contributed by atoms with E-state index >= 15 is 0 Å². The van der Waals surface area contributed by atoms with Crippen LogP contribution >= 0.6 is 0 Å². The molecule has 2 aromatic rings. The Morgan fingerprint density at radius 1 is 1.13 bits per heavy atom. The summed E-state index contributed by atoms with van der Waals surface area (Å²) in [5.41, 5.74) is 7.61. The Labute approximate surface area is 220 Å². The van der Waals surface area contributed by atoms with Gasteiger partial charge in [0.15, 0.2) is 5.78 Å². The van der Waals surface area contributed by atoms with Gasteiger partial charge in [0.1, 0.15) is 11.8 Å². The minimum absolute atomic E-state index is 0.0168. The highest BCUT2D eigenvalue weighted by molar-refractivity contribution is 6.46. The largest absolute Gasteiger partial charge is 0.536 e. The zero-order valence-corrected chi connectivity index (χ0v) is 21.2. The van der Waals surface area contributed by atoms with Gasteiger partial charge >= 0.3 is 25.0 Å². The number of likely N-dealkylation sites (N-methyl/N-ethyl adjacent to an activating group) is 1. The Morgan fingerprint density at radius 2 is 1.84 bits per heavy atom. The van der Waals surface area contributed by atoms with E-state index in [9.17, 15) is 29.0 Å². The van der Waals surface area contributed by atoms with E-state index in [1.807, 2.05) is 25.1 Å². The molecule has 0 aliphatic carbocycles. The van der Waals surface area contributed by atoms with Crippen molar-refractivity contribution in [1.82, 2.24) is 15.1 Å². The van der Waals surface area contributed by atoms with Gasteiger partial charge in [-0.1, -0.05) is 30.3 Å². The number of hydrogen-bond donors (Lipinski definition) is 3. The predicted molar refractivity (Wildman–Crippen MR) is 137 cm³/mol. The number of carbonyl (C=O) groups excluding carboxylic acids is 5. The number of primary amides is 1. The van der Waals surface area contributed by atoms with Gasteiger partial charge < -0.3 is 25.6 Å². The average Bonchev–Trinajstić information content (AvgIpc) is 2.89. The molecule has 1 saturated heterocycles. The first-order valence-electron chi connectivity index (χ1n) is 12.4. The van der Waals surface area contributed by atoms with Crippen LogP contribution in [-0.2, 0) is 20.8 Å². The first-order valence-corrected chi connectivity index (χ1v) is 12.4. The topological polar surface area (TPSA) is 159 Å². The van der Waals surface area contributed by atoms with Gasteiger partial charge in [0, 0.05) is 37.4 Å². The summed E-state index contributed by atoms with van der Waals surface area (Å²) in [4.78, 5) is 65.1. The lowest BCUT2D eigenvalue weighted by Gasteiger charge is -2.33. The summed E-state index contributed by atoms with van der Waals surface area (Å²) in [5, 5.41) is 13.2. The summed E-state index contributed by atoms with van der Waals surface area (Å²) < 4.78 is 5.70.